The zero-order valence-electron chi connectivity index (χ0n) is 24.1. The summed E-state index contributed by atoms with van der Waals surface area (Å²) in [5.74, 6) is -0.510. The van der Waals surface area contributed by atoms with E-state index in [1.54, 1.807) is 31.2 Å². The smallest absolute Gasteiger partial charge is 0.264 e. The molecule has 0 aromatic heterocycles. The average Bonchev–Trinajstić information content (AvgIpc) is 2.93. The first-order chi connectivity index (χ1) is 19.5. The molecule has 41 heavy (non-hydrogen) atoms. The summed E-state index contributed by atoms with van der Waals surface area (Å²) in [6.45, 7) is 9.14. The Kier molecular flexibility index (Phi) is 11.2. The summed E-state index contributed by atoms with van der Waals surface area (Å²) < 4.78 is 34.9. The minimum Gasteiger partial charge on any atom is -0.492 e. The Balaban J connectivity index is 2.13. The highest BCUT2D eigenvalue weighted by molar-refractivity contribution is 7.92. The minimum atomic E-state index is -4.25. The number of halogens is 1. The van der Waals surface area contributed by atoms with Gasteiger partial charge in [-0.3, -0.25) is 13.9 Å². The van der Waals surface area contributed by atoms with Gasteiger partial charge in [0, 0.05) is 17.6 Å². The van der Waals surface area contributed by atoms with Gasteiger partial charge in [-0.1, -0.05) is 54.9 Å². The van der Waals surface area contributed by atoms with Crippen LogP contribution < -0.4 is 14.4 Å². The molecule has 220 valence electrons. The van der Waals surface area contributed by atoms with Gasteiger partial charge in [-0.05, 0) is 81.6 Å². The molecule has 3 rings (SSSR count). The van der Waals surface area contributed by atoms with Crippen LogP contribution in [-0.2, 0) is 26.2 Å². The number of ether oxygens (including phenoxy) is 1. The number of para-hydroxylation sites is 2. The van der Waals surface area contributed by atoms with Gasteiger partial charge in [0.1, 0.15) is 18.3 Å². The van der Waals surface area contributed by atoms with E-state index in [2.05, 4.69) is 5.32 Å². The van der Waals surface area contributed by atoms with Gasteiger partial charge in [0.25, 0.3) is 10.0 Å². The summed E-state index contributed by atoms with van der Waals surface area (Å²) in [5, 5.41) is 3.29. The average molecular weight is 600 g/mol. The number of sulfonamides is 1. The van der Waals surface area contributed by atoms with Crippen molar-refractivity contribution in [3.8, 4) is 5.75 Å². The molecule has 0 radical (unpaired) electrons. The highest BCUT2D eigenvalue weighted by atomic mass is 35.5. The van der Waals surface area contributed by atoms with Crippen molar-refractivity contribution in [3.63, 3.8) is 0 Å². The zero-order valence-corrected chi connectivity index (χ0v) is 25.7. The van der Waals surface area contributed by atoms with E-state index in [0.29, 0.717) is 23.8 Å². The number of carbonyl (C=O) groups excluding carboxylic acids is 2. The van der Waals surface area contributed by atoms with Gasteiger partial charge in [-0.2, -0.15) is 0 Å². The van der Waals surface area contributed by atoms with Crippen LogP contribution in [0.1, 0.15) is 45.2 Å². The van der Waals surface area contributed by atoms with Gasteiger partial charge >= 0.3 is 0 Å². The van der Waals surface area contributed by atoms with Crippen molar-refractivity contribution in [1.82, 2.24) is 10.2 Å². The molecule has 3 aromatic rings. The zero-order chi connectivity index (χ0) is 30.2. The first-order valence-electron chi connectivity index (χ1n) is 13.6. The standard InChI is InChI=1S/C31H38ClN3O5S/c1-6-27(31(37)33-22(3)4)34(20-24-13-9-8-12-23(24)5)30(36)21-35(28-14-10-11-15-29(28)40-7-2)41(38,39)26-18-16-25(32)17-19-26/h8-19,22,27H,6-7,20-21H2,1-5H3,(H,33,37)/t27-/m0/s1. The van der Waals surface area contributed by atoms with Crippen LogP contribution in [0.15, 0.2) is 77.7 Å². The number of benzene rings is 3. The fourth-order valence-corrected chi connectivity index (χ4v) is 6.01. The number of hydrogen-bond acceptors (Lipinski definition) is 5. The fourth-order valence-electron chi connectivity index (χ4n) is 4.46. The Morgan fingerprint density at radius 2 is 1.59 bits per heavy atom. The van der Waals surface area contributed by atoms with Crippen LogP contribution in [-0.4, -0.2) is 50.4 Å². The molecule has 0 aliphatic carbocycles. The van der Waals surface area contributed by atoms with Crippen LogP contribution in [0.4, 0.5) is 5.69 Å². The Morgan fingerprint density at radius 3 is 2.20 bits per heavy atom. The molecule has 0 aliphatic heterocycles. The summed E-state index contributed by atoms with van der Waals surface area (Å²) in [6, 6.07) is 19.1. The van der Waals surface area contributed by atoms with E-state index in [4.69, 9.17) is 16.3 Å². The van der Waals surface area contributed by atoms with Crippen molar-refractivity contribution in [2.45, 2.75) is 64.6 Å². The van der Waals surface area contributed by atoms with E-state index in [9.17, 15) is 18.0 Å². The Hall–Kier alpha value is -3.56. The molecule has 0 spiro atoms. The molecule has 1 atom stereocenters. The number of nitrogens with zero attached hydrogens (tertiary/aromatic N) is 2. The summed E-state index contributed by atoms with van der Waals surface area (Å²) in [6.07, 6.45) is 0.343. The molecule has 2 amide bonds. The number of anilines is 1. The number of rotatable bonds is 13. The first kappa shape index (κ1) is 32.0. The van der Waals surface area contributed by atoms with Gasteiger partial charge in [0.2, 0.25) is 11.8 Å². The molecule has 8 nitrogen and oxygen atoms in total. The molecule has 0 unspecified atom stereocenters. The van der Waals surface area contributed by atoms with Crippen molar-refractivity contribution >= 4 is 39.1 Å². The highest BCUT2D eigenvalue weighted by Crippen LogP contribution is 2.33. The molecule has 0 bridgehead atoms. The Morgan fingerprint density at radius 1 is 0.951 bits per heavy atom. The van der Waals surface area contributed by atoms with E-state index in [1.165, 1.54) is 29.2 Å². The largest absolute Gasteiger partial charge is 0.492 e. The number of aryl methyl sites for hydroxylation is 1. The minimum absolute atomic E-state index is 0.0314. The van der Waals surface area contributed by atoms with Crippen molar-refractivity contribution in [1.29, 1.82) is 0 Å². The number of hydrogen-bond donors (Lipinski definition) is 1. The summed E-state index contributed by atoms with van der Waals surface area (Å²) in [7, 11) is -4.25. The van der Waals surface area contributed by atoms with Gasteiger partial charge < -0.3 is 15.0 Å². The fraction of sp³-hybridized carbons (Fsp3) is 0.355. The lowest BCUT2D eigenvalue weighted by atomic mass is 10.1. The van der Waals surface area contributed by atoms with E-state index in [-0.39, 0.29) is 29.1 Å². The molecule has 1 N–H and O–H groups in total. The maximum Gasteiger partial charge on any atom is 0.264 e. The molecule has 0 aliphatic rings. The first-order valence-corrected chi connectivity index (χ1v) is 15.5. The maximum atomic E-state index is 14.2. The van der Waals surface area contributed by atoms with Crippen LogP contribution in [0.2, 0.25) is 5.02 Å². The molecule has 3 aromatic carbocycles. The molecular formula is C31H38ClN3O5S. The monoisotopic (exact) mass is 599 g/mol. The van der Waals surface area contributed by atoms with Gasteiger partial charge in [-0.15, -0.1) is 0 Å². The number of carbonyl (C=O) groups is 2. The quantitative estimate of drug-likeness (QED) is 0.277. The number of amides is 2. The predicted molar refractivity (Wildman–Crippen MR) is 163 cm³/mol. The molecule has 0 fully saturated rings. The van der Waals surface area contributed by atoms with Crippen molar-refractivity contribution in [2.24, 2.45) is 0 Å². The second kappa shape index (κ2) is 14.4. The SMILES string of the molecule is CCOc1ccccc1N(CC(=O)N(Cc1ccccc1C)[C@@H](CC)C(=O)NC(C)C)S(=O)(=O)c1ccc(Cl)cc1. The predicted octanol–water partition coefficient (Wildman–Crippen LogP) is 5.57. The second-order valence-corrected chi connectivity index (χ2v) is 12.2. The van der Waals surface area contributed by atoms with E-state index in [0.717, 1.165) is 15.4 Å². The summed E-state index contributed by atoms with van der Waals surface area (Å²) in [5.41, 5.74) is 2.03. The maximum absolute atomic E-state index is 14.2. The molecule has 10 heteroatoms. The van der Waals surface area contributed by atoms with E-state index >= 15 is 0 Å². The summed E-state index contributed by atoms with van der Waals surface area (Å²) >= 11 is 6.03. The van der Waals surface area contributed by atoms with Crippen LogP contribution in [0.25, 0.3) is 0 Å². The topological polar surface area (TPSA) is 96.0 Å². The van der Waals surface area contributed by atoms with Crippen molar-refractivity contribution in [2.75, 3.05) is 17.5 Å². The molecule has 0 saturated heterocycles. The van der Waals surface area contributed by atoms with Crippen molar-refractivity contribution < 1.29 is 22.7 Å². The molecular weight excluding hydrogens is 562 g/mol. The van der Waals surface area contributed by atoms with Crippen LogP contribution in [0.3, 0.4) is 0 Å². The molecule has 0 saturated carbocycles. The van der Waals surface area contributed by atoms with Crippen LogP contribution in [0.5, 0.6) is 5.75 Å². The normalized spacial score (nSPS) is 12.1. The highest BCUT2D eigenvalue weighted by Gasteiger charge is 2.35. The lowest BCUT2D eigenvalue weighted by molar-refractivity contribution is -0.140. The van der Waals surface area contributed by atoms with E-state index < -0.39 is 28.5 Å². The third kappa shape index (κ3) is 8.01. The summed E-state index contributed by atoms with van der Waals surface area (Å²) in [4.78, 5) is 28.9. The van der Waals surface area contributed by atoms with Gasteiger partial charge in [0.05, 0.1) is 17.2 Å². The Bertz CT molecular complexity index is 1440. The van der Waals surface area contributed by atoms with Crippen molar-refractivity contribution in [3.05, 3.63) is 88.9 Å². The Labute approximate surface area is 248 Å². The lowest BCUT2D eigenvalue weighted by Gasteiger charge is -2.34. The number of nitrogens with one attached hydrogen (secondary N) is 1. The van der Waals surface area contributed by atoms with Gasteiger partial charge in [0.15, 0.2) is 0 Å². The second-order valence-electron chi connectivity index (χ2n) is 9.90. The lowest BCUT2D eigenvalue weighted by Crippen LogP contribution is -2.53. The van der Waals surface area contributed by atoms with Crippen LogP contribution >= 0.6 is 11.6 Å². The third-order valence-corrected chi connectivity index (χ3v) is 8.56. The van der Waals surface area contributed by atoms with Gasteiger partial charge in [-0.25, -0.2) is 8.42 Å². The molecule has 0 heterocycles. The third-order valence-electron chi connectivity index (χ3n) is 6.53. The van der Waals surface area contributed by atoms with E-state index in [1.807, 2.05) is 52.0 Å². The van der Waals surface area contributed by atoms with Crippen LogP contribution in [0, 0.1) is 6.92 Å².